The van der Waals surface area contributed by atoms with E-state index in [0.29, 0.717) is 12.4 Å². The Hall–Kier alpha value is -0.450. The highest BCUT2D eigenvalue weighted by molar-refractivity contribution is 5.82. The molecule has 3 fully saturated rings. The molecule has 1 atom stereocenters. The zero-order valence-corrected chi connectivity index (χ0v) is 13.1. The van der Waals surface area contributed by atoms with Gasteiger partial charge in [-0.2, -0.15) is 0 Å². The van der Waals surface area contributed by atoms with Gasteiger partial charge in [0.25, 0.3) is 0 Å². The van der Waals surface area contributed by atoms with Gasteiger partial charge < -0.3 is 14.8 Å². The summed E-state index contributed by atoms with van der Waals surface area (Å²) in [5.74, 6) is 0.473. The molecule has 1 spiro atoms. The van der Waals surface area contributed by atoms with Crippen LogP contribution in [0.1, 0.15) is 57.8 Å². The smallest absolute Gasteiger partial charge is 0.161 e. The van der Waals surface area contributed by atoms with Crippen molar-refractivity contribution in [3.8, 4) is 0 Å². The molecule has 4 nitrogen and oxygen atoms in total. The molecule has 21 heavy (non-hydrogen) atoms. The average molecular weight is 295 g/mol. The highest BCUT2D eigenvalue weighted by Crippen LogP contribution is 2.40. The fourth-order valence-corrected chi connectivity index (χ4v) is 4.13. The summed E-state index contributed by atoms with van der Waals surface area (Å²) in [6, 6.07) is 0. The first-order chi connectivity index (χ1) is 10.3. The third-order valence-electron chi connectivity index (χ3n) is 5.46. The van der Waals surface area contributed by atoms with Gasteiger partial charge in [0.2, 0.25) is 0 Å². The molecule has 0 aromatic heterocycles. The van der Waals surface area contributed by atoms with Crippen molar-refractivity contribution in [1.29, 1.82) is 0 Å². The Labute approximate surface area is 127 Å². The second-order valence-corrected chi connectivity index (χ2v) is 7.01. The minimum Gasteiger partial charge on any atom is -0.375 e. The number of hydrogen-bond acceptors (Lipinski definition) is 4. The van der Waals surface area contributed by atoms with Crippen molar-refractivity contribution >= 4 is 5.78 Å². The van der Waals surface area contributed by atoms with E-state index in [2.05, 4.69) is 5.32 Å². The molecule has 1 aliphatic carbocycles. The van der Waals surface area contributed by atoms with E-state index in [-0.39, 0.29) is 17.6 Å². The van der Waals surface area contributed by atoms with Crippen LogP contribution in [0.15, 0.2) is 0 Å². The van der Waals surface area contributed by atoms with E-state index >= 15 is 0 Å². The molecule has 3 rings (SSSR count). The maximum Gasteiger partial charge on any atom is 0.161 e. The summed E-state index contributed by atoms with van der Waals surface area (Å²) in [4.78, 5) is 12.5. The molecule has 2 aliphatic heterocycles. The topological polar surface area (TPSA) is 47.6 Å². The fraction of sp³-hybridized carbons (Fsp3) is 0.941. The summed E-state index contributed by atoms with van der Waals surface area (Å²) >= 11 is 0. The number of Topliss-reactive ketones (excluding diaryl/α,β-unsaturated/α-hetero) is 1. The zero-order valence-electron chi connectivity index (χ0n) is 13.1. The van der Waals surface area contributed by atoms with Crippen molar-refractivity contribution in [3.05, 3.63) is 0 Å². The van der Waals surface area contributed by atoms with Crippen LogP contribution in [0, 0.1) is 5.92 Å². The van der Waals surface area contributed by atoms with Crippen LogP contribution >= 0.6 is 0 Å². The third-order valence-corrected chi connectivity index (χ3v) is 5.46. The summed E-state index contributed by atoms with van der Waals surface area (Å²) in [5, 5.41) is 3.32. The Bertz CT molecular complexity index is 340. The molecule has 0 amide bonds. The molecule has 0 bridgehead atoms. The van der Waals surface area contributed by atoms with E-state index in [9.17, 15) is 4.79 Å². The summed E-state index contributed by atoms with van der Waals surface area (Å²) < 4.78 is 11.9. The van der Waals surface area contributed by atoms with Crippen LogP contribution in [0.2, 0.25) is 0 Å². The molecular formula is C17H29NO3. The first kappa shape index (κ1) is 15.4. The Morgan fingerprint density at radius 3 is 2.67 bits per heavy atom. The average Bonchev–Trinajstić information content (AvgIpc) is 2.54. The van der Waals surface area contributed by atoms with Gasteiger partial charge in [-0.15, -0.1) is 0 Å². The number of hydrogen-bond donors (Lipinski definition) is 1. The SMILES string of the molecule is O=C(COC1CCNCC1)C1CCOC2(CCCCC2)C1. The molecule has 1 unspecified atom stereocenters. The molecule has 2 saturated heterocycles. The number of rotatable bonds is 4. The molecular weight excluding hydrogens is 266 g/mol. The molecule has 0 aromatic carbocycles. The van der Waals surface area contributed by atoms with Gasteiger partial charge in [0.15, 0.2) is 5.78 Å². The summed E-state index contributed by atoms with van der Waals surface area (Å²) in [6.45, 7) is 3.09. The molecule has 0 aromatic rings. The van der Waals surface area contributed by atoms with Gasteiger partial charge in [-0.25, -0.2) is 0 Å². The van der Waals surface area contributed by atoms with Gasteiger partial charge in [-0.05, 0) is 51.6 Å². The van der Waals surface area contributed by atoms with E-state index in [1.54, 1.807) is 0 Å². The summed E-state index contributed by atoms with van der Waals surface area (Å²) in [6.07, 6.45) is 10.3. The van der Waals surface area contributed by atoms with Crippen molar-refractivity contribution in [2.45, 2.75) is 69.5 Å². The Balaban J connectivity index is 1.47. The predicted octanol–water partition coefficient (Wildman–Crippen LogP) is 2.45. The third kappa shape index (κ3) is 4.05. The number of ether oxygens (including phenoxy) is 2. The van der Waals surface area contributed by atoms with Crippen molar-refractivity contribution in [3.63, 3.8) is 0 Å². The van der Waals surface area contributed by atoms with E-state index < -0.39 is 0 Å². The highest BCUT2D eigenvalue weighted by Gasteiger charge is 2.40. The van der Waals surface area contributed by atoms with Gasteiger partial charge in [-0.3, -0.25) is 4.79 Å². The second-order valence-electron chi connectivity index (χ2n) is 7.01. The monoisotopic (exact) mass is 295 g/mol. The first-order valence-corrected chi connectivity index (χ1v) is 8.76. The number of ketones is 1. The molecule has 1 N–H and O–H groups in total. The Morgan fingerprint density at radius 1 is 1.14 bits per heavy atom. The fourth-order valence-electron chi connectivity index (χ4n) is 4.13. The van der Waals surface area contributed by atoms with E-state index in [0.717, 1.165) is 58.2 Å². The van der Waals surface area contributed by atoms with Gasteiger partial charge in [0.1, 0.15) is 6.61 Å². The molecule has 3 aliphatic rings. The standard InChI is InChI=1S/C17H29NO3/c19-16(13-20-15-4-9-18-10-5-15)14-6-11-21-17(12-14)7-2-1-3-8-17/h14-15,18H,1-13H2. The van der Waals surface area contributed by atoms with Crippen LogP contribution in [0.4, 0.5) is 0 Å². The highest BCUT2D eigenvalue weighted by atomic mass is 16.5. The minimum atomic E-state index is 0.0194. The molecule has 2 heterocycles. The lowest BCUT2D eigenvalue weighted by atomic mass is 9.75. The van der Waals surface area contributed by atoms with Crippen LogP contribution in [0.3, 0.4) is 0 Å². The lowest BCUT2D eigenvalue weighted by molar-refractivity contribution is -0.148. The molecule has 1 saturated carbocycles. The maximum atomic E-state index is 12.5. The number of piperidine rings is 1. The number of carbonyl (C=O) groups excluding carboxylic acids is 1. The van der Waals surface area contributed by atoms with E-state index in [4.69, 9.17) is 9.47 Å². The van der Waals surface area contributed by atoms with Crippen LogP contribution < -0.4 is 5.32 Å². The maximum absolute atomic E-state index is 12.5. The van der Waals surface area contributed by atoms with E-state index in [1.807, 2.05) is 0 Å². The lowest BCUT2D eigenvalue weighted by Gasteiger charge is -2.43. The molecule has 0 radical (unpaired) electrons. The van der Waals surface area contributed by atoms with Crippen molar-refractivity contribution in [2.24, 2.45) is 5.92 Å². The van der Waals surface area contributed by atoms with Crippen LogP contribution in [0.5, 0.6) is 0 Å². The minimum absolute atomic E-state index is 0.0194. The Kier molecular flexibility index (Phi) is 5.30. The van der Waals surface area contributed by atoms with Crippen molar-refractivity contribution in [1.82, 2.24) is 5.32 Å². The molecule has 4 heteroatoms. The Morgan fingerprint density at radius 2 is 1.90 bits per heavy atom. The van der Waals surface area contributed by atoms with Crippen molar-refractivity contribution < 1.29 is 14.3 Å². The summed E-state index contributed by atoms with van der Waals surface area (Å²) in [5.41, 5.74) is 0.0194. The van der Waals surface area contributed by atoms with Gasteiger partial charge in [-0.1, -0.05) is 19.3 Å². The van der Waals surface area contributed by atoms with Gasteiger partial charge in [0, 0.05) is 12.5 Å². The largest absolute Gasteiger partial charge is 0.375 e. The summed E-state index contributed by atoms with van der Waals surface area (Å²) in [7, 11) is 0. The number of nitrogens with one attached hydrogen (secondary N) is 1. The van der Waals surface area contributed by atoms with Crippen LogP contribution in [0.25, 0.3) is 0 Å². The second kappa shape index (κ2) is 7.21. The van der Waals surface area contributed by atoms with Crippen LogP contribution in [-0.2, 0) is 14.3 Å². The first-order valence-electron chi connectivity index (χ1n) is 8.76. The van der Waals surface area contributed by atoms with Gasteiger partial charge in [0.05, 0.1) is 11.7 Å². The van der Waals surface area contributed by atoms with Crippen LogP contribution in [-0.4, -0.2) is 43.8 Å². The quantitative estimate of drug-likeness (QED) is 0.865. The normalized spacial score (nSPS) is 30.4. The van der Waals surface area contributed by atoms with Crippen molar-refractivity contribution in [2.75, 3.05) is 26.3 Å². The zero-order chi connectivity index (χ0) is 14.5. The predicted molar refractivity (Wildman–Crippen MR) is 81.3 cm³/mol. The lowest BCUT2D eigenvalue weighted by Crippen LogP contribution is -2.44. The molecule has 120 valence electrons. The van der Waals surface area contributed by atoms with Gasteiger partial charge >= 0.3 is 0 Å². The van der Waals surface area contributed by atoms with E-state index in [1.165, 1.54) is 19.3 Å². The number of carbonyl (C=O) groups is 1.